The molecule has 0 atom stereocenters. The van der Waals surface area contributed by atoms with Crippen LogP contribution in [0.3, 0.4) is 0 Å². The summed E-state index contributed by atoms with van der Waals surface area (Å²) < 4.78 is 5.85. The number of ether oxygens (including phenoxy) is 1. The van der Waals surface area contributed by atoms with E-state index in [1.54, 1.807) is 0 Å². The lowest BCUT2D eigenvalue weighted by molar-refractivity contribution is 0.261. The Balaban J connectivity index is 0.00000320. The number of nitrogens with zero attached hydrogens (tertiary/aromatic N) is 4. The van der Waals surface area contributed by atoms with Gasteiger partial charge in [-0.1, -0.05) is 12.1 Å². The predicted molar refractivity (Wildman–Crippen MR) is 139 cm³/mol. The van der Waals surface area contributed by atoms with Crippen LogP contribution in [0.15, 0.2) is 46.8 Å². The largest absolute Gasteiger partial charge is 0.492 e. The Morgan fingerprint density at radius 2 is 1.97 bits per heavy atom. The van der Waals surface area contributed by atoms with Crippen LogP contribution < -0.4 is 15.0 Å². The molecule has 0 spiro atoms. The number of guanidine groups is 1. The maximum atomic E-state index is 5.85. The number of benzene rings is 1. The molecule has 0 radical (unpaired) electrons. The molecular formula is C22H34IN5OS. The van der Waals surface area contributed by atoms with Crippen molar-refractivity contribution in [1.82, 2.24) is 15.1 Å². The van der Waals surface area contributed by atoms with Gasteiger partial charge in [0, 0.05) is 39.3 Å². The summed E-state index contributed by atoms with van der Waals surface area (Å²) in [6.07, 6.45) is 0. The van der Waals surface area contributed by atoms with Gasteiger partial charge in [-0.2, -0.15) is 0 Å². The van der Waals surface area contributed by atoms with Gasteiger partial charge in [0.2, 0.25) is 0 Å². The van der Waals surface area contributed by atoms with Crippen LogP contribution in [-0.2, 0) is 6.54 Å². The minimum Gasteiger partial charge on any atom is -0.492 e. The van der Waals surface area contributed by atoms with Crippen LogP contribution in [0.25, 0.3) is 0 Å². The highest BCUT2D eigenvalue weighted by atomic mass is 127. The summed E-state index contributed by atoms with van der Waals surface area (Å²) in [7, 11) is 4.11. The zero-order valence-corrected chi connectivity index (χ0v) is 21.4. The average Bonchev–Trinajstić information content (AvgIpc) is 3.26. The normalized spacial score (nSPS) is 14.6. The number of hydrogen-bond acceptors (Lipinski definition) is 5. The van der Waals surface area contributed by atoms with Gasteiger partial charge in [-0.05, 0) is 56.2 Å². The number of nitrogens with one attached hydrogen (secondary N) is 1. The van der Waals surface area contributed by atoms with E-state index in [-0.39, 0.29) is 24.0 Å². The molecule has 3 rings (SSSR count). The molecule has 8 heteroatoms. The van der Waals surface area contributed by atoms with Crippen molar-refractivity contribution in [1.29, 1.82) is 0 Å². The van der Waals surface area contributed by atoms with Crippen molar-refractivity contribution in [2.75, 3.05) is 64.9 Å². The van der Waals surface area contributed by atoms with E-state index < -0.39 is 0 Å². The molecule has 166 valence electrons. The molecule has 1 aliphatic heterocycles. The van der Waals surface area contributed by atoms with E-state index in [1.807, 2.05) is 23.5 Å². The Hall–Kier alpha value is -1.52. The van der Waals surface area contributed by atoms with E-state index in [0.717, 1.165) is 51.0 Å². The second-order valence-corrected chi connectivity index (χ2v) is 8.32. The third-order valence-corrected chi connectivity index (χ3v) is 5.78. The van der Waals surface area contributed by atoms with Gasteiger partial charge in [-0.25, -0.2) is 4.99 Å². The third kappa shape index (κ3) is 7.63. The SMILES string of the molecule is CCNC(=NCc1cccc(OCCN(C)C)c1)N1CCN(c2cccs2)CC1.I. The van der Waals surface area contributed by atoms with Gasteiger partial charge < -0.3 is 24.8 Å². The van der Waals surface area contributed by atoms with E-state index in [9.17, 15) is 0 Å². The first-order valence-electron chi connectivity index (χ1n) is 10.3. The molecule has 0 aliphatic carbocycles. The van der Waals surface area contributed by atoms with Crippen LogP contribution in [0.1, 0.15) is 12.5 Å². The maximum Gasteiger partial charge on any atom is 0.194 e. The highest BCUT2D eigenvalue weighted by molar-refractivity contribution is 14.0. The van der Waals surface area contributed by atoms with Crippen molar-refractivity contribution >= 4 is 46.3 Å². The van der Waals surface area contributed by atoms with E-state index in [4.69, 9.17) is 9.73 Å². The van der Waals surface area contributed by atoms with Crippen molar-refractivity contribution in [2.24, 2.45) is 4.99 Å². The molecule has 0 saturated carbocycles. The Kier molecular flexibility index (Phi) is 10.7. The number of hydrogen-bond donors (Lipinski definition) is 1. The molecule has 6 nitrogen and oxygen atoms in total. The van der Waals surface area contributed by atoms with Crippen LogP contribution in [-0.4, -0.2) is 75.7 Å². The highest BCUT2D eigenvalue weighted by Gasteiger charge is 2.20. The predicted octanol–water partition coefficient (Wildman–Crippen LogP) is 3.59. The second-order valence-electron chi connectivity index (χ2n) is 7.39. The molecule has 1 fully saturated rings. The number of thiophene rings is 1. The molecule has 1 aliphatic rings. The number of piperazine rings is 1. The number of rotatable bonds is 8. The number of aliphatic imine (C=N–C) groups is 1. The fourth-order valence-electron chi connectivity index (χ4n) is 3.26. The first-order chi connectivity index (χ1) is 14.2. The van der Waals surface area contributed by atoms with Crippen molar-refractivity contribution in [3.05, 3.63) is 47.3 Å². The standard InChI is InChI=1S/C22H33N5OS.HI/c1-4-23-22(27-12-10-26(11-13-27)21-9-6-16-29-21)24-18-19-7-5-8-20(17-19)28-15-14-25(2)3;/h5-9,16-17H,4,10-15,18H2,1-3H3,(H,23,24);1H. The minimum atomic E-state index is 0. The van der Waals surface area contributed by atoms with Crippen LogP contribution in [0.4, 0.5) is 5.00 Å². The van der Waals surface area contributed by atoms with Crippen LogP contribution >= 0.6 is 35.3 Å². The Labute approximate surface area is 201 Å². The number of halogens is 1. The molecule has 0 amide bonds. The summed E-state index contributed by atoms with van der Waals surface area (Å²) in [5.41, 5.74) is 1.17. The summed E-state index contributed by atoms with van der Waals surface area (Å²) in [5.74, 6) is 1.91. The van der Waals surface area contributed by atoms with Gasteiger partial charge in [0.25, 0.3) is 0 Å². The summed E-state index contributed by atoms with van der Waals surface area (Å²) >= 11 is 1.81. The summed E-state index contributed by atoms with van der Waals surface area (Å²) in [4.78, 5) is 11.8. The van der Waals surface area contributed by atoms with E-state index in [2.05, 4.69) is 70.7 Å². The molecule has 30 heavy (non-hydrogen) atoms. The lowest BCUT2D eigenvalue weighted by Crippen LogP contribution is -2.52. The number of likely N-dealkylation sites (N-methyl/N-ethyl adjacent to an activating group) is 1. The van der Waals surface area contributed by atoms with Gasteiger partial charge in [-0.3, -0.25) is 0 Å². The molecule has 1 aromatic heterocycles. The summed E-state index contributed by atoms with van der Waals surface area (Å²) in [5, 5.41) is 6.96. The first-order valence-corrected chi connectivity index (χ1v) is 11.2. The van der Waals surface area contributed by atoms with Crippen LogP contribution in [0, 0.1) is 0 Å². The van der Waals surface area contributed by atoms with Gasteiger partial charge >= 0.3 is 0 Å². The highest BCUT2D eigenvalue weighted by Crippen LogP contribution is 2.22. The van der Waals surface area contributed by atoms with Crippen molar-refractivity contribution in [3.8, 4) is 5.75 Å². The second kappa shape index (κ2) is 13.0. The fraction of sp³-hybridized carbons (Fsp3) is 0.500. The van der Waals surface area contributed by atoms with E-state index >= 15 is 0 Å². The Morgan fingerprint density at radius 3 is 2.63 bits per heavy atom. The van der Waals surface area contributed by atoms with Gasteiger partial charge in [0.1, 0.15) is 12.4 Å². The van der Waals surface area contributed by atoms with Crippen molar-refractivity contribution in [3.63, 3.8) is 0 Å². The summed E-state index contributed by atoms with van der Waals surface area (Å²) in [6, 6.07) is 12.6. The lowest BCUT2D eigenvalue weighted by atomic mass is 10.2. The zero-order valence-electron chi connectivity index (χ0n) is 18.2. The van der Waals surface area contributed by atoms with E-state index in [1.165, 1.54) is 10.6 Å². The molecule has 1 aromatic carbocycles. The minimum absolute atomic E-state index is 0. The quantitative estimate of drug-likeness (QED) is 0.313. The molecule has 1 saturated heterocycles. The van der Waals surface area contributed by atoms with Crippen molar-refractivity contribution < 1.29 is 4.74 Å². The molecule has 1 N–H and O–H groups in total. The van der Waals surface area contributed by atoms with Crippen molar-refractivity contribution in [2.45, 2.75) is 13.5 Å². The summed E-state index contributed by atoms with van der Waals surface area (Å²) in [6.45, 7) is 9.27. The maximum absolute atomic E-state index is 5.85. The zero-order chi connectivity index (χ0) is 20.5. The Morgan fingerprint density at radius 1 is 1.17 bits per heavy atom. The van der Waals surface area contributed by atoms with Gasteiger partial charge in [-0.15, -0.1) is 35.3 Å². The van der Waals surface area contributed by atoms with Crippen LogP contribution in [0.5, 0.6) is 5.75 Å². The number of anilines is 1. The van der Waals surface area contributed by atoms with E-state index in [0.29, 0.717) is 13.2 Å². The third-order valence-electron chi connectivity index (χ3n) is 4.85. The molecule has 2 aromatic rings. The monoisotopic (exact) mass is 543 g/mol. The fourth-order valence-corrected chi connectivity index (χ4v) is 4.05. The average molecular weight is 544 g/mol. The molecule has 2 heterocycles. The van der Waals surface area contributed by atoms with Gasteiger partial charge in [0.15, 0.2) is 5.96 Å². The smallest absolute Gasteiger partial charge is 0.194 e. The molecule has 0 unspecified atom stereocenters. The van der Waals surface area contributed by atoms with Crippen LogP contribution in [0.2, 0.25) is 0 Å². The van der Waals surface area contributed by atoms with Gasteiger partial charge in [0.05, 0.1) is 11.5 Å². The molecular weight excluding hydrogens is 509 g/mol. The Bertz CT molecular complexity index is 761. The first kappa shape index (κ1) is 24.7. The lowest BCUT2D eigenvalue weighted by Gasteiger charge is -2.37. The molecule has 0 bridgehead atoms. The topological polar surface area (TPSA) is 43.3 Å².